The van der Waals surface area contributed by atoms with Crippen molar-refractivity contribution < 1.29 is 86.7 Å². The Morgan fingerprint density at radius 2 is 1.18 bits per heavy atom. The van der Waals surface area contributed by atoms with Gasteiger partial charge in [-0.05, 0) is 142 Å². The fourth-order valence-electron chi connectivity index (χ4n) is 8.36. The molecule has 3 heterocycles. The lowest BCUT2D eigenvalue weighted by Crippen LogP contribution is -2.72. The number of ether oxygens (including phenoxy) is 10. The average Bonchev–Trinajstić information content (AvgIpc) is 3.19. The number of nitrogens with one attached hydrogen (secondary N) is 5. The molecule has 24 nitrogen and oxygen atoms in total. The zero-order valence-corrected chi connectivity index (χ0v) is 44.0. The number of carbonyl (C=O) groups excluding carboxylic acids is 5. The molecule has 71 heavy (non-hydrogen) atoms. The van der Waals surface area contributed by atoms with Gasteiger partial charge >= 0.3 is 24.4 Å². The third-order valence-electron chi connectivity index (χ3n) is 11.2. The van der Waals surface area contributed by atoms with Gasteiger partial charge in [0, 0.05) is 6.54 Å². The maximum Gasteiger partial charge on any atom is 0.408 e. The lowest BCUT2D eigenvalue weighted by Gasteiger charge is -2.52. The van der Waals surface area contributed by atoms with Crippen LogP contribution in [-0.4, -0.2) is 179 Å². The third kappa shape index (κ3) is 19.5. The molecule has 4 rings (SSSR count). The number of alkyl carbamates (subject to hydrolysis) is 4. The van der Waals surface area contributed by atoms with Crippen LogP contribution in [0.25, 0.3) is 0 Å². The minimum absolute atomic E-state index is 0.0857. The van der Waals surface area contributed by atoms with E-state index in [1.54, 1.807) is 96.9 Å². The van der Waals surface area contributed by atoms with Crippen molar-refractivity contribution in [2.45, 2.75) is 249 Å². The van der Waals surface area contributed by atoms with Crippen LogP contribution >= 0.6 is 0 Å². The summed E-state index contributed by atoms with van der Waals surface area (Å²) in [6.07, 6.45) is -15.5. The van der Waals surface area contributed by atoms with Crippen molar-refractivity contribution in [2.24, 2.45) is 5.73 Å². The standard InChI is InChI=1S/C47H84N6O18/c1-43(2,3)68-39(58)49-21-19-28(54)36(57)50-26-22-27(52-41(60)70-45(7,8)9)34(65-37-25(51-40(59)69-44(4,5)6)18-17-24(63-37)16-15-20-48)32(56)33(26)66-38-31(55)30(53-42(61)71-46(10,11)12)35-29(64-38)23-62-47(13,14)67-35/h24-35,37-38,54-56H,15-23,48H2,1-14H3,(H,49,58)(H,50,57)(H,51,59)(H,52,60)(H,53,61)/t24?,25?,26-,27+,28+,29?,30-,31?,32?,33-,34?,35+,37+,38+/m1/s1. The number of nitrogens with two attached hydrogens (primary N) is 1. The van der Waals surface area contributed by atoms with Crippen LogP contribution in [0.4, 0.5) is 19.2 Å². The van der Waals surface area contributed by atoms with Gasteiger partial charge < -0.3 is 95.0 Å². The van der Waals surface area contributed by atoms with Crippen molar-refractivity contribution in [3.8, 4) is 0 Å². The molecule has 0 aromatic carbocycles. The molecule has 0 radical (unpaired) electrons. The maximum atomic E-state index is 13.9. The summed E-state index contributed by atoms with van der Waals surface area (Å²) >= 11 is 0. The first kappa shape index (κ1) is 59.7. The zero-order valence-electron chi connectivity index (χ0n) is 44.0. The number of fused-ring (bicyclic) bond motifs is 1. The van der Waals surface area contributed by atoms with E-state index in [2.05, 4.69) is 26.6 Å². The summed E-state index contributed by atoms with van der Waals surface area (Å²) in [6, 6.07) is -4.61. The highest BCUT2D eigenvalue weighted by Gasteiger charge is 2.56. The fraction of sp³-hybridized carbons (Fsp3) is 0.894. The average molecular weight is 1020 g/mol. The molecule has 5 amide bonds. The van der Waals surface area contributed by atoms with Crippen LogP contribution in [0.3, 0.4) is 0 Å². The third-order valence-corrected chi connectivity index (χ3v) is 11.2. The van der Waals surface area contributed by atoms with Crippen molar-refractivity contribution in [3.05, 3.63) is 0 Å². The molecule has 14 atom stereocenters. The largest absolute Gasteiger partial charge is 0.444 e. The molecule has 1 aliphatic carbocycles. The van der Waals surface area contributed by atoms with Crippen molar-refractivity contribution in [3.63, 3.8) is 0 Å². The van der Waals surface area contributed by atoms with E-state index in [4.69, 9.17) is 53.1 Å². The molecule has 1 saturated carbocycles. The van der Waals surface area contributed by atoms with Crippen molar-refractivity contribution in [1.29, 1.82) is 0 Å². The van der Waals surface area contributed by atoms with Crippen LogP contribution in [0.2, 0.25) is 0 Å². The van der Waals surface area contributed by atoms with Crippen molar-refractivity contribution in [1.82, 2.24) is 26.6 Å². The quantitative estimate of drug-likeness (QED) is 0.106. The van der Waals surface area contributed by atoms with Crippen molar-refractivity contribution in [2.75, 3.05) is 19.7 Å². The molecule has 4 aliphatic rings. The molecular weight excluding hydrogens is 937 g/mol. The minimum atomic E-state index is -1.85. The second-order valence-corrected chi connectivity index (χ2v) is 22.9. The molecule has 24 heteroatoms. The second-order valence-electron chi connectivity index (χ2n) is 22.9. The summed E-state index contributed by atoms with van der Waals surface area (Å²) in [4.78, 5) is 66.3. The number of hydrogen-bond acceptors (Lipinski definition) is 19. The lowest BCUT2D eigenvalue weighted by atomic mass is 9.83. The predicted octanol–water partition coefficient (Wildman–Crippen LogP) is 2.44. The van der Waals surface area contributed by atoms with E-state index in [1.165, 1.54) is 0 Å². The first-order valence-corrected chi connectivity index (χ1v) is 24.6. The first-order valence-electron chi connectivity index (χ1n) is 24.6. The van der Waals surface area contributed by atoms with Gasteiger partial charge in [0.25, 0.3) is 0 Å². The Morgan fingerprint density at radius 1 is 0.676 bits per heavy atom. The monoisotopic (exact) mass is 1020 g/mol. The summed E-state index contributed by atoms with van der Waals surface area (Å²) in [5.41, 5.74) is 2.28. The summed E-state index contributed by atoms with van der Waals surface area (Å²) < 4.78 is 60.0. The van der Waals surface area contributed by atoms with Crippen LogP contribution in [0.15, 0.2) is 0 Å². The molecule has 0 bridgehead atoms. The molecule has 10 N–H and O–H groups in total. The molecule has 6 unspecified atom stereocenters. The van der Waals surface area contributed by atoms with Gasteiger partial charge in [0.05, 0.1) is 36.9 Å². The smallest absolute Gasteiger partial charge is 0.408 e. The number of aliphatic hydroxyl groups excluding tert-OH is 3. The highest BCUT2D eigenvalue weighted by Crippen LogP contribution is 2.37. The number of amides is 5. The predicted molar refractivity (Wildman–Crippen MR) is 252 cm³/mol. The van der Waals surface area contributed by atoms with Crippen LogP contribution in [0.1, 0.15) is 135 Å². The van der Waals surface area contributed by atoms with E-state index in [-0.39, 0.29) is 32.1 Å². The van der Waals surface area contributed by atoms with Crippen LogP contribution in [0.5, 0.6) is 0 Å². The molecular formula is C47H84N6O18. The Bertz CT molecular complexity index is 1780. The maximum absolute atomic E-state index is 13.9. The van der Waals surface area contributed by atoms with Gasteiger partial charge in [-0.15, -0.1) is 0 Å². The highest BCUT2D eigenvalue weighted by molar-refractivity contribution is 5.81. The minimum Gasteiger partial charge on any atom is -0.444 e. The number of hydrogen-bond donors (Lipinski definition) is 9. The molecule has 0 aromatic rings. The van der Waals surface area contributed by atoms with Gasteiger partial charge in [0.2, 0.25) is 5.91 Å². The second kappa shape index (κ2) is 24.5. The normalized spacial score (nSPS) is 31.7. The van der Waals surface area contributed by atoms with Gasteiger partial charge in [0.15, 0.2) is 18.4 Å². The van der Waals surface area contributed by atoms with Gasteiger partial charge in [-0.3, -0.25) is 4.79 Å². The van der Waals surface area contributed by atoms with Crippen LogP contribution < -0.4 is 32.3 Å². The van der Waals surface area contributed by atoms with Crippen molar-refractivity contribution >= 4 is 30.3 Å². The lowest BCUT2D eigenvalue weighted by molar-refractivity contribution is -0.376. The molecule has 0 spiro atoms. The Morgan fingerprint density at radius 3 is 1.73 bits per heavy atom. The fourth-order valence-corrected chi connectivity index (χ4v) is 8.36. The molecule has 3 aliphatic heterocycles. The van der Waals surface area contributed by atoms with Crippen LogP contribution in [0, 0.1) is 0 Å². The Kier molecular flexibility index (Phi) is 20.6. The number of carbonyl (C=O) groups is 5. The summed E-state index contributed by atoms with van der Waals surface area (Å²) in [7, 11) is 0. The molecule has 4 fully saturated rings. The van der Waals surface area contributed by atoms with Gasteiger partial charge in [0.1, 0.15) is 65.1 Å². The van der Waals surface area contributed by atoms with Gasteiger partial charge in [-0.25, -0.2) is 19.2 Å². The van der Waals surface area contributed by atoms with E-state index in [0.29, 0.717) is 32.2 Å². The first-order chi connectivity index (χ1) is 32.6. The SMILES string of the molecule is CC(C)(C)OC(=O)NCC[C@H](O)C(=O)N[C@@H]1C[C@H](NC(=O)OC(C)(C)C)C(O[C@@H]2OC(CCCN)CCC2NC(=O)OC(C)(C)C)C(O)[C@@H]1O[C@@H]1OC2COC(C)(C)O[C@@H]2[C@H](NC(=O)OC(C)(C)C)C1O. The summed E-state index contributed by atoms with van der Waals surface area (Å²) in [6.45, 7) is 23.6. The topological polar surface area (TPSA) is 325 Å². The summed E-state index contributed by atoms with van der Waals surface area (Å²) in [5.74, 6) is -2.12. The molecule has 410 valence electrons. The number of rotatable bonds is 15. The van der Waals surface area contributed by atoms with Crippen LogP contribution in [-0.2, 0) is 52.2 Å². The molecule has 3 saturated heterocycles. The number of aliphatic hydroxyl groups is 3. The van der Waals surface area contributed by atoms with E-state index in [1.807, 2.05) is 0 Å². The Balaban J connectivity index is 1.76. The van der Waals surface area contributed by atoms with Gasteiger partial charge in [-0.2, -0.15) is 0 Å². The molecule has 0 aromatic heterocycles. The van der Waals surface area contributed by atoms with E-state index < -0.39 is 138 Å². The Labute approximate surface area is 417 Å². The summed E-state index contributed by atoms with van der Waals surface area (Å²) in [5, 5.41) is 49.4. The zero-order chi connectivity index (χ0) is 53.4. The van der Waals surface area contributed by atoms with E-state index >= 15 is 0 Å². The highest BCUT2D eigenvalue weighted by atomic mass is 16.8. The van der Waals surface area contributed by atoms with E-state index in [0.717, 1.165) is 0 Å². The van der Waals surface area contributed by atoms with E-state index in [9.17, 15) is 39.3 Å². The van der Waals surface area contributed by atoms with Gasteiger partial charge in [-0.1, -0.05) is 0 Å². The Hall–Kier alpha value is -3.85.